The summed E-state index contributed by atoms with van der Waals surface area (Å²) in [5, 5.41) is 5.62. The fourth-order valence-electron chi connectivity index (χ4n) is 2.52. The predicted molar refractivity (Wildman–Crippen MR) is 114 cm³/mol. The fraction of sp³-hybridized carbons (Fsp3) is 0.227. The first-order valence-electron chi connectivity index (χ1n) is 9.24. The Balaban J connectivity index is 1.50. The average Bonchev–Trinajstić information content (AvgIpc) is 3.18. The molecule has 156 valence electrons. The number of methoxy groups -OCH3 is 1. The van der Waals surface area contributed by atoms with Gasteiger partial charge in [-0.3, -0.25) is 4.79 Å². The summed E-state index contributed by atoms with van der Waals surface area (Å²) >= 11 is 1.57. The molecule has 1 heterocycles. The zero-order chi connectivity index (χ0) is 21.5. The Hall–Kier alpha value is -3.39. The van der Waals surface area contributed by atoms with E-state index in [4.69, 9.17) is 14.2 Å². The normalized spacial score (nSPS) is 11.4. The van der Waals surface area contributed by atoms with Gasteiger partial charge in [-0.25, -0.2) is 9.78 Å². The van der Waals surface area contributed by atoms with Crippen molar-refractivity contribution in [2.24, 2.45) is 0 Å². The Bertz CT molecular complexity index is 999. The number of aromatic nitrogens is 1. The van der Waals surface area contributed by atoms with Crippen molar-refractivity contribution >= 4 is 28.9 Å². The van der Waals surface area contributed by atoms with Crippen LogP contribution in [0.2, 0.25) is 0 Å². The van der Waals surface area contributed by atoms with Crippen molar-refractivity contribution in [2.75, 3.05) is 12.4 Å². The molecule has 0 saturated heterocycles. The average molecular weight is 426 g/mol. The molecule has 3 aromatic rings. The molecule has 0 aliphatic heterocycles. The van der Waals surface area contributed by atoms with E-state index in [0.29, 0.717) is 29.4 Å². The minimum Gasteiger partial charge on any atom is -0.497 e. The highest BCUT2D eigenvalue weighted by atomic mass is 32.1. The Kier molecular flexibility index (Phi) is 7.03. The lowest BCUT2D eigenvalue weighted by atomic mass is 10.2. The number of ether oxygens (including phenoxy) is 3. The third-order valence-electron chi connectivity index (χ3n) is 4.15. The second kappa shape index (κ2) is 9.89. The van der Waals surface area contributed by atoms with E-state index in [1.807, 2.05) is 12.3 Å². The zero-order valence-corrected chi connectivity index (χ0v) is 17.7. The van der Waals surface area contributed by atoms with Crippen molar-refractivity contribution in [3.05, 3.63) is 70.2 Å². The molecule has 0 radical (unpaired) electrons. The summed E-state index contributed by atoms with van der Waals surface area (Å²) in [6, 6.07) is 13.4. The molecule has 1 aromatic heterocycles. The van der Waals surface area contributed by atoms with E-state index in [9.17, 15) is 9.59 Å². The summed E-state index contributed by atoms with van der Waals surface area (Å²) in [4.78, 5) is 28.9. The fourth-order valence-corrected chi connectivity index (χ4v) is 3.12. The van der Waals surface area contributed by atoms with Crippen molar-refractivity contribution in [2.45, 2.75) is 26.6 Å². The third-order valence-corrected chi connectivity index (χ3v) is 4.98. The number of nitrogens with one attached hydrogen (secondary N) is 1. The van der Waals surface area contributed by atoms with Gasteiger partial charge in [-0.2, -0.15) is 0 Å². The van der Waals surface area contributed by atoms with Crippen LogP contribution in [0.3, 0.4) is 0 Å². The van der Waals surface area contributed by atoms with E-state index < -0.39 is 18.0 Å². The van der Waals surface area contributed by atoms with Gasteiger partial charge in [0, 0.05) is 11.1 Å². The van der Waals surface area contributed by atoms with Gasteiger partial charge in [0.2, 0.25) is 0 Å². The number of anilines is 1. The summed E-state index contributed by atoms with van der Waals surface area (Å²) < 4.78 is 16.0. The molecule has 0 saturated carbocycles. The number of esters is 1. The van der Waals surface area contributed by atoms with E-state index in [0.717, 1.165) is 10.7 Å². The molecule has 1 N–H and O–H groups in total. The first-order chi connectivity index (χ1) is 14.4. The van der Waals surface area contributed by atoms with Crippen LogP contribution in [0.25, 0.3) is 0 Å². The van der Waals surface area contributed by atoms with Crippen LogP contribution < -0.4 is 14.8 Å². The van der Waals surface area contributed by atoms with Gasteiger partial charge in [-0.15, -0.1) is 11.3 Å². The van der Waals surface area contributed by atoms with E-state index in [1.54, 1.807) is 67.0 Å². The topological polar surface area (TPSA) is 86.8 Å². The Morgan fingerprint density at radius 3 is 2.33 bits per heavy atom. The maximum absolute atomic E-state index is 12.3. The van der Waals surface area contributed by atoms with Crippen molar-refractivity contribution in [1.29, 1.82) is 0 Å². The second-order valence-electron chi connectivity index (χ2n) is 6.44. The molecule has 7 nitrogen and oxygen atoms in total. The minimum atomic E-state index is -0.955. The van der Waals surface area contributed by atoms with Gasteiger partial charge in [0.15, 0.2) is 6.10 Å². The lowest BCUT2D eigenvalue weighted by Crippen LogP contribution is -2.29. The van der Waals surface area contributed by atoms with Gasteiger partial charge in [0.1, 0.15) is 18.1 Å². The van der Waals surface area contributed by atoms with Crippen LogP contribution in [0.1, 0.15) is 28.0 Å². The summed E-state index contributed by atoms with van der Waals surface area (Å²) in [7, 11) is 1.57. The van der Waals surface area contributed by atoms with Crippen molar-refractivity contribution in [1.82, 2.24) is 4.98 Å². The number of benzene rings is 2. The monoisotopic (exact) mass is 426 g/mol. The van der Waals surface area contributed by atoms with Gasteiger partial charge in [0.05, 0.1) is 23.4 Å². The maximum atomic E-state index is 12.3. The molecule has 0 spiro atoms. The number of nitrogens with zero attached hydrogens (tertiary/aromatic N) is 1. The van der Waals surface area contributed by atoms with Crippen LogP contribution in [0, 0.1) is 6.92 Å². The molecular formula is C22H22N2O5S. The number of hydrogen-bond donors (Lipinski definition) is 1. The Morgan fingerprint density at radius 2 is 1.73 bits per heavy atom. The largest absolute Gasteiger partial charge is 0.497 e. The van der Waals surface area contributed by atoms with E-state index in [2.05, 4.69) is 10.3 Å². The van der Waals surface area contributed by atoms with Crippen LogP contribution in [0.4, 0.5) is 5.69 Å². The molecular weight excluding hydrogens is 404 g/mol. The summed E-state index contributed by atoms with van der Waals surface area (Å²) in [6.07, 6.45) is -0.955. The summed E-state index contributed by atoms with van der Waals surface area (Å²) in [5.41, 5.74) is 1.77. The van der Waals surface area contributed by atoms with E-state index >= 15 is 0 Å². The third kappa shape index (κ3) is 5.81. The van der Waals surface area contributed by atoms with E-state index in [-0.39, 0.29) is 0 Å². The number of aryl methyl sites for hydroxylation is 1. The van der Waals surface area contributed by atoms with Gasteiger partial charge >= 0.3 is 5.97 Å². The highest BCUT2D eigenvalue weighted by Gasteiger charge is 2.19. The van der Waals surface area contributed by atoms with Crippen LogP contribution >= 0.6 is 11.3 Å². The van der Waals surface area contributed by atoms with Crippen LogP contribution in [-0.2, 0) is 16.1 Å². The lowest BCUT2D eigenvalue weighted by molar-refractivity contribution is -0.123. The Morgan fingerprint density at radius 1 is 1.07 bits per heavy atom. The second-order valence-corrected chi connectivity index (χ2v) is 7.50. The lowest BCUT2D eigenvalue weighted by Gasteiger charge is -2.14. The summed E-state index contributed by atoms with van der Waals surface area (Å²) in [6.45, 7) is 3.81. The number of thiazole rings is 1. The smallest absolute Gasteiger partial charge is 0.338 e. The van der Waals surface area contributed by atoms with Gasteiger partial charge in [-0.05, 0) is 62.4 Å². The number of carbonyl (C=O) groups is 2. The van der Waals surface area contributed by atoms with Gasteiger partial charge in [0.25, 0.3) is 5.91 Å². The molecule has 1 amide bonds. The van der Waals surface area contributed by atoms with Gasteiger partial charge in [-0.1, -0.05) is 0 Å². The molecule has 30 heavy (non-hydrogen) atoms. The quantitative estimate of drug-likeness (QED) is 0.543. The maximum Gasteiger partial charge on any atom is 0.338 e. The number of amides is 1. The van der Waals surface area contributed by atoms with Crippen molar-refractivity contribution in [3.8, 4) is 11.5 Å². The van der Waals surface area contributed by atoms with Crippen LogP contribution in [0.15, 0.2) is 53.9 Å². The highest BCUT2D eigenvalue weighted by molar-refractivity contribution is 7.09. The predicted octanol–water partition coefficient (Wildman–Crippen LogP) is 4.22. The van der Waals surface area contributed by atoms with Crippen LogP contribution in [-0.4, -0.2) is 30.1 Å². The molecule has 0 bridgehead atoms. The minimum absolute atomic E-state index is 0.330. The molecule has 3 rings (SSSR count). The molecule has 0 unspecified atom stereocenters. The molecule has 2 aromatic carbocycles. The molecule has 0 fully saturated rings. The van der Waals surface area contributed by atoms with E-state index in [1.165, 1.54) is 6.92 Å². The zero-order valence-electron chi connectivity index (χ0n) is 16.9. The van der Waals surface area contributed by atoms with Crippen LogP contribution in [0.5, 0.6) is 11.5 Å². The first kappa shape index (κ1) is 21.3. The first-order valence-corrected chi connectivity index (χ1v) is 10.1. The molecule has 1 atom stereocenters. The molecule has 0 aliphatic carbocycles. The standard InChI is InChI=1S/C22H22N2O5S/c1-14(21(25)24-17-6-10-19(27-3)11-7-17)29-22(26)16-4-8-20(9-5-16)28-12-18-13-30-15(2)23-18/h4-11,13-14H,12H2,1-3H3,(H,24,25)/t14-/m0/s1. The molecule has 8 heteroatoms. The molecule has 0 aliphatic rings. The van der Waals surface area contributed by atoms with Gasteiger partial charge < -0.3 is 19.5 Å². The Labute approximate surface area is 178 Å². The van der Waals surface area contributed by atoms with Crippen molar-refractivity contribution < 1.29 is 23.8 Å². The van der Waals surface area contributed by atoms with Crippen molar-refractivity contribution in [3.63, 3.8) is 0 Å². The SMILES string of the molecule is COc1ccc(NC(=O)[C@H](C)OC(=O)c2ccc(OCc3csc(C)n3)cc2)cc1. The highest BCUT2D eigenvalue weighted by Crippen LogP contribution is 2.18. The number of hydrogen-bond acceptors (Lipinski definition) is 7. The summed E-state index contributed by atoms with van der Waals surface area (Å²) in [5.74, 6) is 0.283. The number of carbonyl (C=O) groups excluding carboxylic acids is 2. The number of rotatable bonds is 8.